The highest BCUT2D eigenvalue weighted by Gasteiger charge is 2.21. The number of nitrogens with zero attached hydrogens (tertiary/aromatic N) is 1. The van der Waals surface area contributed by atoms with E-state index in [9.17, 15) is 8.42 Å². The van der Waals surface area contributed by atoms with Crippen molar-refractivity contribution in [2.75, 3.05) is 0 Å². The van der Waals surface area contributed by atoms with Gasteiger partial charge in [-0.25, -0.2) is 13.4 Å². The summed E-state index contributed by atoms with van der Waals surface area (Å²) in [7, 11) is -3.82. The van der Waals surface area contributed by atoms with Gasteiger partial charge in [0.25, 0.3) is 0 Å². The zero-order chi connectivity index (χ0) is 19.3. The molecular weight excluding hydrogens is 378 g/mol. The monoisotopic (exact) mass is 395 g/mol. The smallest absolute Gasteiger partial charge is 0.223 e. The molecule has 0 aliphatic carbocycles. The molecule has 0 saturated carbocycles. The Balaban J connectivity index is 2.12. The summed E-state index contributed by atoms with van der Waals surface area (Å²) in [6.45, 7) is 1.97. The van der Waals surface area contributed by atoms with Crippen molar-refractivity contribution in [3.05, 3.63) is 107 Å². The van der Waals surface area contributed by atoms with Crippen LogP contribution in [0.25, 0.3) is 6.08 Å². The van der Waals surface area contributed by atoms with Crippen molar-refractivity contribution in [1.82, 2.24) is 0 Å². The number of halogens is 1. The molecule has 0 atom stereocenters. The third kappa shape index (κ3) is 4.73. The van der Waals surface area contributed by atoms with Crippen molar-refractivity contribution in [2.45, 2.75) is 11.8 Å². The summed E-state index contributed by atoms with van der Waals surface area (Å²) in [5.74, 6) is 0. The molecule has 0 saturated heterocycles. The average Bonchev–Trinajstić information content (AvgIpc) is 2.69. The SMILES string of the molecule is Cc1ccc(/C(Cl)=N\C(=C\c2ccccc2)S(=O)(=O)c2ccccc2)cc1. The Morgan fingerprint density at radius 1 is 0.852 bits per heavy atom. The Labute approximate surface area is 164 Å². The van der Waals surface area contributed by atoms with Crippen molar-refractivity contribution in [3.8, 4) is 0 Å². The Morgan fingerprint density at radius 2 is 1.41 bits per heavy atom. The lowest BCUT2D eigenvalue weighted by atomic mass is 10.2. The lowest BCUT2D eigenvalue weighted by Gasteiger charge is -2.07. The second-order valence-corrected chi connectivity index (χ2v) is 8.23. The molecule has 3 aromatic rings. The van der Waals surface area contributed by atoms with E-state index >= 15 is 0 Å². The van der Waals surface area contributed by atoms with Gasteiger partial charge in [-0.2, -0.15) is 0 Å². The van der Waals surface area contributed by atoms with Gasteiger partial charge in [-0.15, -0.1) is 0 Å². The molecule has 0 radical (unpaired) electrons. The molecule has 3 aromatic carbocycles. The zero-order valence-electron chi connectivity index (χ0n) is 14.7. The zero-order valence-corrected chi connectivity index (χ0v) is 16.3. The van der Waals surface area contributed by atoms with Crippen molar-refractivity contribution in [3.63, 3.8) is 0 Å². The Kier molecular flexibility index (Phi) is 5.89. The summed E-state index contributed by atoms with van der Waals surface area (Å²) in [6, 6.07) is 24.8. The van der Waals surface area contributed by atoms with Gasteiger partial charge in [-0.3, -0.25) is 0 Å². The van der Waals surface area contributed by atoms with Crippen LogP contribution in [-0.4, -0.2) is 13.6 Å². The molecule has 0 aliphatic heterocycles. The topological polar surface area (TPSA) is 46.5 Å². The van der Waals surface area contributed by atoms with Crippen LogP contribution in [0.5, 0.6) is 0 Å². The Morgan fingerprint density at radius 3 is 2.00 bits per heavy atom. The summed E-state index contributed by atoms with van der Waals surface area (Å²) in [5.41, 5.74) is 2.47. The predicted octanol–water partition coefficient (Wildman–Crippen LogP) is 5.45. The first kappa shape index (κ1) is 19.1. The summed E-state index contributed by atoms with van der Waals surface area (Å²) in [5, 5.41) is 0.0159. The molecule has 0 fully saturated rings. The van der Waals surface area contributed by atoms with Crippen LogP contribution in [0.3, 0.4) is 0 Å². The summed E-state index contributed by atoms with van der Waals surface area (Å²) < 4.78 is 26.2. The largest absolute Gasteiger partial charge is 0.223 e. The van der Waals surface area contributed by atoms with Gasteiger partial charge in [0.05, 0.1) is 4.90 Å². The van der Waals surface area contributed by atoms with Gasteiger partial charge in [0.1, 0.15) is 5.17 Å². The van der Waals surface area contributed by atoms with Crippen molar-refractivity contribution in [2.24, 2.45) is 4.99 Å². The Bertz CT molecular complexity index is 1070. The number of hydrogen-bond acceptors (Lipinski definition) is 3. The highest BCUT2D eigenvalue weighted by molar-refractivity contribution is 7.95. The van der Waals surface area contributed by atoms with Crippen molar-refractivity contribution in [1.29, 1.82) is 0 Å². The van der Waals surface area contributed by atoms with E-state index in [-0.39, 0.29) is 15.1 Å². The van der Waals surface area contributed by atoms with Crippen LogP contribution in [0.15, 0.2) is 99.8 Å². The van der Waals surface area contributed by atoms with Crippen molar-refractivity contribution >= 4 is 32.7 Å². The molecule has 0 amide bonds. The van der Waals surface area contributed by atoms with Crippen LogP contribution in [0.4, 0.5) is 0 Å². The highest BCUT2D eigenvalue weighted by atomic mass is 35.5. The molecule has 0 unspecified atom stereocenters. The fourth-order valence-electron chi connectivity index (χ4n) is 2.43. The maximum absolute atomic E-state index is 13.1. The van der Waals surface area contributed by atoms with Gasteiger partial charge in [-0.1, -0.05) is 90.0 Å². The van der Waals surface area contributed by atoms with E-state index in [0.717, 1.165) is 11.1 Å². The molecule has 0 aromatic heterocycles. The van der Waals surface area contributed by atoms with E-state index in [1.54, 1.807) is 30.3 Å². The molecule has 27 heavy (non-hydrogen) atoms. The maximum atomic E-state index is 13.1. The summed E-state index contributed by atoms with van der Waals surface area (Å²) >= 11 is 6.36. The van der Waals surface area contributed by atoms with E-state index in [1.807, 2.05) is 61.5 Å². The molecule has 0 N–H and O–H groups in total. The Hall–Kier alpha value is -2.69. The van der Waals surface area contributed by atoms with Crippen LogP contribution in [-0.2, 0) is 9.84 Å². The van der Waals surface area contributed by atoms with Crippen LogP contribution in [0.1, 0.15) is 16.7 Å². The van der Waals surface area contributed by atoms with E-state index in [0.29, 0.717) is 5.56 Å². The van der Waals surface area contributed by atoms with Crippen LogP contribution in [0, 0.1) is 6.92 Å². The van der Waals surface area contributed by atoms with E-state index in [4.69, 9.17) is 11.6 Å². The second kappa shape index (κ2) is 8.33. The average molecular weight is 396 g/mol. The fourth-order valence-corrected chi connectivity index (χ4v) is 3.96. The van der Waals surface area contributed by atoms with Gasteiger partial charge >= 0.3 is 0 Å². The van der Waals surface area contributed by atoms with E-state index in [2.05, 4.69) is 4.99 Å². The first-order chi connectivity index (χ1) is 13.0. The second-order valence-electron chi connectivity index (χ2n) is 5.98. The number of sulfone groups is 1. The molecule has 5 heteroatoms. The van der Waals surface area contributed by atoms with Crippen molar-refractivity contribution < 1.29 is 8.42 Å². The molecule has 136 valence electrons. The summed E-state index contributed by atoms with van der Waals surface area (Å²) in [4.78, 5) is 4.45. The van der Waals surface area contributed by atoms with Crippen LogP contribution in [0.2, 0.25) is 0 Å². The maximum Gasteiger partial charge on any atom is 0.223 e. The number of hydrogen-bond donors (Lipinski definition) is 0. The number of aryl methyl sites for hydroxylation is 1. The van der Waals surface area contributed by atoms with Gasteiger partial charge in [0.15, 0.2) is 5.03 Å². The normalized spacial score (nSPS) is 12.8. The van der Waals surface area contributed by atoms with E-state index in [1.165, 1.54) is 6.08 Å². The third-order valence-corrected chi connectivity index (χ3v) is 5.87. The molecule has 0 aliphatic rings. The quantitative estimate of drug-likeness (QED) is 0.539. The lowest BCUT2D eigenvalue weighted by Crippen LogP contribution is -2.05. The van der Waals surface area contributed by atoms with Crippen LogP contribution >= 0.6 is 11.6 Å². The minimum absolute atomic E-state index is 0.106. The van der Waals surface area contributed by atoms with Crippen LogP contribution < -0.4 is 0 Å². The highest BCUT2D eigenvalue weighted by Crippen LogP contribution is 2.24. The van der Waals surface area contributed by atoms with Gasteiger partial charge in [0.2, 0.25) is 9.84 Å². The van der Waals surface area contributed by atoms with Gasteiger partial charge in [0, 0.05) is 5.56 Å². The molecule has 0 heterocycles. The minimum atomic E-state index is -3.82. The predicted molar refractivity (Wildman–Crippen MR) is 112 cm³/mol. The first-order valence-electron chi connectivity index (χ1n) is 8.35. The minimum Gasteiger partial charge on any atom is -0.223 e. The third-order valence-electron chi connectivity index (χ3n) is 3.92. The molecule has 3 nitrogen and oxygen atoms in total. The first-order valence-corrected chi connectivity index (χ1v) is 10.2. The molecule has 0 spiro atoms. The summed E-state index contributed by atoms with van der Waals surface area (Å²) in [6.07, 6.45) is 1.53. The fraction of sp³-hybridized carbons (Fsp3) is 0.0455. The van der Waals surface area contributed by atoms with E-state index < -0.39 is 9.84 Å². The number of aliphatic imine (C=N–C) groups is 1. The van der Waals surface area contributed by atoms with Gasteiger partial charge in [-0.05, 0) is 30.7 Å². The van der Waals surface area contributed by atoms with Gasteiger partial charge < -0.3 is 0 Å². The molecular formula is C22H18ClNO2S. The molecule has 0 bridgehead atoms. The number of benzene rings is 3. The standard InChI is InChI=1S/C22H18ClNO2S/c1-17-12-14-19(15-13-17)22(23)24-21(16-18-8-4-2-5-9-18)27(25,26)20-10-6-3-7-11-20/h2-16H,1H3/b21-16-,24-22+. The number of rotatable bonds is 5. The lowest BCUT2D eigenvalue weighted by molar-refractivity contribution is 0.602. The molecule has 3 rings (SSSR count).